The summed E-state index contributed by atoms with van der Waals surface area (Å²) in [6.07, 6.45) is 0. The molecule has 0 fully saturated rings. The molecule has 0 atom stereocenters. The van der Waals surface area contributed by atoms with Gasteiger partial charge in [0.2, 0.25) is 0 Å². The van der Waals surface area contributed by atoms with Crippen LogP contribution in [0.15, 0.2) is 58.9 Å². The maximum absolute atomic E-state index is 9.50. The number of aliphatic hydroxyl groups excluding tert-OH is 1. The van der Waals surface area contributed by atoms with Crippen molar-refractivity contribution in [2.24, 2.45) is 4.99 Å². The van der Waals surface area contributed by atoms with Crippen molar-refractivity contribution in [1.82, 2.24) is 4.57 Å². The molecule has 26 heavy (non-hydrogen) atoms. The first-order valence-corrected chi connectivity index (χ1v) is 9.47. The van der Waals surface area contributed by atoms with Gasteiger partial charge < -0.3 is 9.67 Å². The summed E-state index contributed by atoms with van der Waals surface area (Å²) in [6, 6.07) is 16.8. The lowest BCUT2D eigenvalue weighted by molar-refractivity contribution is 0.275. The Balaban J connectivity index is 0.00000243. The first-order chi connectivity index (χ1) is 12.1. The molecule has 0 saturated heterocycles. The lowest BCUT2D eigenvalue weighted by atomic mass is 10.0. The fourth-order valence-electron chi connectivity index (χ4n) is 2.81. The van der Waals surface area contributed by atoms with E-state index in [0.717, 1.165) is 21.7 Å². The van der Waals surface area contributed by atoms with E-state index in [4.69, 9.17) is 4.99 Å². The van der Waals surface area contributed by atoms with Crippen LogP contribution in [-0.4, -0.2) is 16.3 Å². The van der Waals surface area contributed by atoms with Crippen molar-refractivity contribution in [2.45, 2.75) is 33.2 Å². The summed E-state index contributed by atoms with van der Waals surface area (Å²) < 4.78 is 2.09. The Labute approximate surface area is 169 Å². The van der Waals surface area contributed by atoms with Crippen molar-refractivity contribution in [3.8, 4) is 11.3 Å². The second-order valence-electron chi connectivity index (χ2n) is 6.51. The van der Waals surface area contributed by atoms with E-state index in [9.17, 15) is 5.11 Å². The summed E-state index contributed by atoms with van der Waals surface area (Å²) in [5.74, 6) is 0.521. The number of aliphatic hydroxyl groups is 1. The molecule has 0 aliphatic heterocycles. The van der Waals surface area contributed by atoms with Gasteiger partial charge in [-0.25, -0.2) is 4.99 Å². The zero-order valence-electron chi connectivity index (χ0n) is 15.3. The summed E-state index contributed by atoms with van der Waals surface area (Å²) >= 11 is 1.61. The van der Waals surface area contributed by atoms with Gasteiger partial charge in [-0.2, -0.15) is 0 Å². The number of halogens is 1. The molecule has 1 heterocycles. The SMILES string of the molecule is Br.Cc1cccc(N=c2scc(-c3ccc(C(C)C)cc3)n2CCO)c1. The van der Waals surface area contributed by atoms with Crippen molar-refractivity contribution < 1.29 is 5.11 Å². The van der Waals surface area contributed by atoms with E-state index in [1.807, 2.05) is 12.1 Å². The minimum Gasteiger partial charge on any atom is -0.395 e. The van der Waals surface area contributed by atoms with Crippen molar-refractivity contribution in [1.29, 1.82) is 0 Å². The largest absolute Gasteiger partial charge is 0.395 e. The average molecular weight is 433 g/mol. The van der Waals surface area contributed by atoms with Crippen molar-refractivity contribution in [2.75, 3.05) is 6.61 Å². The average Bonchev–Trinajstić information content (AvgIpc) is 2.98. The van der Waals surface area contributed by atoms with E-state index >= 15 is 0 Å². The molecule has 2 aromatic carbocycles. The van der Waals surface area contributed by atoms with E-state index < -0.39 is 0 Å². The number of nitrogens with zero attached hydrogens (tertiary/aromatic N) is 2. The Morgan fingerprint density at radius 3 is 2.46 bits per heavy atom. The smallest absolute Gasteiger partial charge is 0.190 e. The number of rotatable bonds is 5. The number of thiazole rings is 1. The predicted octanol–water partition coefficient (Wildman–Crippen LogP) is 5.45. The van der Waals surface area contributed by atoms with Crippen LogP contribution in [0.2, 0.25) is 0 Å². The standard InChI is InChI=1S/C21H24N2OS.BrH/c1-15(2)17-7-9-18(10-8-17)20-14-25-21(23(20)11-12-24)22-19-6-4-5-16(3)13-19;/h4-10,13-15,24H,11-12H2,1-3H3;1H. The summed E-state index contributed by atoms with van der Waals surface area (Å²) in [7, 11) is 0. The van der Waals surface area contributed by atoms with Gasteiger partial charge in [0, 0.05) is 11.9 Å². The molecule has 0 spiro atoms. The van der Waals surface area contributed by atoms with Gasteiger partial charge in [-0.3, -0.25) is 0 Å². The van der Waals surface area contributed by atoms with Crippen LogP contribution < -0.4 is 4.80 Å². The fraction of sp³-hybridized carbons (Fsp3) is 0.286. The quantitative estimate of drug-likeness (QED) is 0.571. The van der Waals surface area contributed by atoms with E-state index in [1.54, 1.807) is 11.3 Å². The third-order valence-electron chi connectivity index (χ3n) is 4.22. The van der Waals surface area contributed by atoms with Gasteiger partial charge in [0.25, 0.3) is 0 Å². The topological polar surface area (TPSA) is 37.5 Å². The molecule has 3 aromatic rings. The minimum atomic E-state index is 0. The molecule has 0 amide bonds. The molecule has 0 saturated carbocycles. The van der Waals surface area contributed by atoms with Crippen LogP contribution in [0.3, 0.4) is 0 Å². The lowest BCUT2D eigenvalue weighted by Gasteiger charge is -2.10. The van der Waals surface area contributed by atoms with Crippen molar-refractivity contribution >= 4 is 34.0 Å². The molecule has 1 aromatic heterocycles. The lowest BCUT2D eigenvalue weighted by Crippen LogP contribution is -2.17. The molecular weight excluding hydrogens is 408 g/mol. The molecule has 3 rings (SSSR count). The first kappa shape index (κ1) is 20.6. The fourth-order valence-corrected chi connectivity index (χ4v) is 3.77. The van der Waals surface area contributed by atoms with Crippen molar-refractivity contribution in [3.63, 3.8) is 0 Å². The van der Waals surface area contributed by atoms with Gasteiger partial charge in [-0.05, 0) is 41.7 Å². The van der Waals surface area contributed by atoms with Gasteiger partial charge in [-0.1, -0.05) is 50.2 Å². The molecule has 0 radical (unpaired) electrons. The molecule has 0 bridgehead atoms. The minimum absolute atomic E-state index is 0. The van der Waals surface area contributed by atoms with Crippen LogP contribution in [0, 0.1) is 6.92 Å². The van der Waals surface area contributed by atoms with E-state index in [0.29, 0.717) is 12.5 Å². The summed E-state index contributed by atoms with van der Waals surface area (Å²) in [6.45, 7) is 7.09. The van der Waals surface area contributed by atoms with Crippen LogP contribution in [0.4, 0.5) is 5.69 Å². The number of hydrogen-bond donors (Lipinski definition) is 1. The van der Waals surface area contributed by atoms with Crippen LogP contribution in [-0.2, 0) is 6.54 Å². The Morgan fingerprint density at radius 1 is 1.12 bits per heavy atom. The Bertz CT molecular complexity index is 910. The van der Waals surface area contributed by atoms with Gasteiger partial charge in [-0.15, -0.1) is 28.3 Å². The Kier molecular flexibility index (Phi) is 7.38. The molecule has 0 aliphatic carbocycles. The summed E-state index contributed by atoms with van der Waals surface area (Å²) in [5, 5.41) is 11.6. The number of benzene rings is 2. The van der Waals surface area contributed by atoms with Crippen LogP contribution in [0.5, 0.6) is 0 Å². The third-order valence-corrected chi connectivity index (χ3v) is 5.08. The molecule has 3 nitrogen and oxygen atoms in total. The molecule has 0 aliphatic rings. The van der Waals surface area contributed by atoms with Crippen LogP contribution in [0.25, 0.3) is 11.3 Å². The molecule has 138 valence electrons. The molecule has 1 N–H and O–H groups in total. The van der Waals surface area contributed by atoms with Crippen LogP contribution >= 0.6 is 28.3 Å². The second kappa shape index (κ2) is 9.31. The second-order valence-corrected chi connectivity index (χ2v) is 7.34. The maximum Gasteiger partial charge on any atom is 0.190 e. The predicted molar refractivity (Wildman–Crippen MR) is 116 cm³/mol. The Morgan fingerprint density at radius 2 is 1.85 bits per heavy atom. The number of aromatic nitrogens is 1. The van der Waals surface area contributed by atoms with Gasteiger partial charge in [0.1, 0.15) is 0 Å². The highest BCUT2D eigenvalue weighted by Gasteiger charge is 2.09. The molecular formula is C21H25BrN2OS. The third kappa shape index (κ3) is 4.72. The van der Waals surface area contributed by atoms with E-state index in [1.165, 1.54) is 11.1 Å². The normalized spacial score (nSPS) is 11.7. The van der Waals surface area contributed by atoms with E-state index in [2.05, 4.69) is 67.1 Å². The van der Waals surface area contributed by atoms with Gasteiger partial charge >= 0.3 is 0 Å². The van der Waals surface area contributed by atoms with Crippen molar-refractivity contribution in [3.05, 3.63) is 69.8 Å². The summed E-state index contributed by atoms with van der Waals surface area (Å²) in [5.41, 5.74) is 5.71. The number of aryl methyl sites for hydroxylation is 1. The van der Waals surface area contributed by atoms with E-state index in [-0.39, 0.29) is 23.6 Å². The first-order valence-electron chi connectivity index (χ1n) is 8.59. The highest BCUT2D eigenvalue weighted by atomic mass is 79.9. The van der Waals surface area contributed by atoms with Gasteiger partial charge in [0.05, 0.1) is 18.0 Å². The maximum atomic E-state index is 9.50. The molecule has 5 heteroatoms. The summed E-state index contributed by atoms with van der Waals surface area (Å²) in [4.78, 5) is 5.69. The zero-order valence-corrected chi connectivity index (χ0v) is 17.9. The highest BCUT2D eigenvalue weighted by molar-refractivity contribution is 8.93. The van der Waals surface area contributed by atoms with Crippen LogP contribution in [0.1, 0.15) is 30.9 Å². The number of hydrogen-bond acceptors (Lipinski definition) is 3. The van der Waals surface area contributed by atoms with Gasteiger partial charge in [0.15, 0.2) is 4.80 Å². The zero-order chi connectivity index (χ0) is 17.8. The highest BCUT2D eigenvalue weighted by Crippen LogP contribution is 2.24. The monoisotopic (exact) mass is 432 g/mol. The Hall–Kier alpha value is -1.69. The molecule has 0 unspecified atom stereocenters.